The first kappa shape index (κ1) is 25.6. The van der Waals surface area contributed by atoms with Crippen LogP contribution >= 0.6 is 35.0 Å². The third-order valence-corrected chi connectivity index (χ3v) is 7.15. The fraction of sp³-hybridized carbons (Fsp3) is 0.381. The van der Waals surface area contributed by atoms with Crippen molar-refractivity contribution >= 4 is 56.6 Å². The molecule has 31 heavy (non-hydrogen) atoms. The van der Waals surface area contributed by atoms with Crippen LogP contribution in [0.4, 0.5) is 5.69 Å². The molecule has 0 saturated carbocycles. The van der Waals surface area contributed by atoms with Gasteiger partial charge in [0.1, 0.15) is 11.8 Å². The van der Waals surface area contributed by atoms with Gasteiger partial charge in [0, 0.05) is 28.1 Å². The molecule has 10 heteroatoms. The number of carbonyl (C=O) groups excluding carboxylic acids is 1. The molecule has 1 amide bonds. The van der Waals surface area contributed by atoms with Crippen LogP contribution in [-0.4, -0.2) is 45.5 Å². The largest absolute Gasteiger partial charge is 0.494 e. The average Bonchev–Trinajstić information content (AvgIpc) is 2.69. The minimum atomic E-state index is -3.67. The van der Waals surface area contributed by atoms with Crippen LogP contribution in [0, 0.1) is 0 Å². The van der Waals surface area contributed by atoms with Gasteiger partial charge in [0.2, 0.25) is 15.9 Å². The first-order valence-electron chi connectivity index (χ1n) is 9.65. The van der Waals surface area contributed by atoms with Crippen LogP contribution in [0.3, 0.4) is 0 Å². The van der Waals surface area contributed by atoms with Gasteiger partial charge < -0.3 is 10.1 Å². The highest BCUT2D eigenvalue weighted by Crippen LogP contribution is 2.25. The monoisotopic (exact) mass is 504 g/mol. The van der Waals surface area contributed by atoms with Crippen LogP contribution in [-0.2, 0) is 20.6 Å². The summed E-state index contributed by atoms with van der Waals surface area (Å²) in [5, 5.41) is 4.00. The molecule has 0 aliphatic carbocycles. The minimum absolute atomic E-state index is 0.371. The van der Waals surface area contributed by atoms with Gasteiger partial charge in [0.05, 0.1) is 18.6 Å². The average molecular weight is 505 g/mol. The molecule has 0 aliphatic rings. The van der Waals surface area contributed by atoms with E-state index in [0.717, 1.165) is 16.1 Å². The van der Waals surface area contributed by atoms with Gasteiger partial charge in [0.15, 0.2) is 0 Å². The number of sulfonamides is 1. The number of benzene rings is 2. The van der Waals surface area contributed by atoms with E-state index >= 15 is 0 Å². The third-order valence-electron chi connectivity index (χ3n) is 4.31. The molecule has 0 fully saturated rings. The molecular formula is C21H26Cl2N2O4S2. The van der Waals surface area contributed by atoms with E-state index in [4.69, 9.17) is 27.9 Å². The van der Waals surface area contributed by atoms with E-state index in [0.29, 0.717) is 46.1 Å². The summed E-state index contributed by atoms with van der Waals surface area (Å²) in [6.45, 7) is 4.34. The van der Waals surface area contributed by atoms with Crippen molar-refractivity contribution in [1.82, 2.24) is 5.32 Å². The van der Waals surface area contributed by atoms with Crippen molar-refractivity contribution in [2.75, 3.05) is 29.5 Å². The molecule has 0 spiro atoms. The van der Waals surface area contributed by atoms with Gasteiger partial charge in [0.25, 0.3) is 0 Å². The van der Waals surface area contributed by atoms with E-state index in [1.54, 1.807) is 55.1 Å². The van der Waals surface area contributed by atoms with Crippen molar-refractivity contribution in [2.24, 2.45) is 0 Å². The van der Waals surface area contributed by atoms with Crippen molar-refractivity contribution < 1.29 is 17.9 Å². The Balaban J connectivity index is 1.92. The second-order valence-corrected chi connectivity index (χ2v) is 10.5. The van der Waals surface area contributed by atoms with E-state index in [1.807, 2.05) is 13.0 Å². The number of amides is 1. The SMILES string of the molecule is CCOc1ccc(N([C@H](C)C(=O)NCCSCc2ccc(Cl)cc2Cl)S(C)(=O)=O)cc1. The van der Waals surface area contributed by atoms with Gasteiger partial charge >= 0.3 is 0 Å². The van der Waals surface area contributed by atoms with E-state index in [-0.39, 0.29) is 5.91 Å². The number of thioether (sulfide) groups is 1. The van der Waals surface area contributed by atoms with Crippen LogP contribution < -0.4 is 14.4 Å². The zero-order valence-electron chi connectivity index (χ0n) is 17.6. The van der Waals surface area contributed by atoms with E-state index in [9.17, 15) is 13.2 Å². The van der Waals surface area contributed by atoms with Gasteiger partial charge in [-0.25, -0.2) is 8.42 Å². The summed E-state index contributed by atoms with van der Waals surface area (Å²) in [6.07, 6.45) is 1.08. The van der Waals surface area contributed by atoms with E-state index in [2.05, 4.69) is 5.32 Å². The summed E-state index contributed by atoms with van der Waals surface area (Å²) in [5.41, 5.74) is 1.37. The van der Waals surface area contributed by atoms with Gasteiger partial charge in [-0.15, -0.1) is 0 Å². The molecule has 0 aliphatic heterocycles. The zero-order chi connectivity index (χ0) is 23.0. The molecule has 0 bridgehead atoms. The number of nitrogens with zero attached hydrogens (tertiary/aromatic N) is 1. The lowest BCUT2D eigenvalue weighted by Crippen LogP contribution is -2.48. The van der Waals surface area contributed by atoms with Crippen LogP contribution in [0.2, 0.25) is 10.0 Å². The van der Waals surface area contributed by atoms with Gasteiger partial charge in [-0.3, -0.25) is 9.10 Å². The Morgan fingerprint density at radius 3 is 2.45 bits per heavy atom. The molecular weight excluding hydrogens is 479 g/mol. The molecule has 170 valence electrons. The maximum atomic E-state index is 12.6. The Bertz CT molecular complexity index is 985. The Labute approximate surface area is 198 Å². The lowest BCUT2D eigenvalue weighted by molar-refractivity contribution is -0.121. The number of rotatable bonds is 11. The maximum Gasteiger partial charge on any atom is 0.243 e. The fourth-order valence-corrected chi connectivity index (χ4v) is 5.47. The van der Waals surface area contributed by atoms with Crippen LogP contribution in [0.25, 0.3) is 0 Å². The number of anilines is 1. The predicted molar refractivity (Wildman–Crippen MR) is 130 cm³/mol. The summed E-state index contributed by atoms with van der Waals surface area (Å²) < 4.78 is 31.2. The molecule has 0 aromatic heterocycles. The summed E-state index contributed by atoms with van der Waals surface area (Å²) >= 11 is 13.7. The highest BCUT2D eigenvalue weighted by Gasteiger charge is 2.28. The number of hydrogen-bond donors (Lipinski definition) is 1. The van der Waals surface area contributed by atoms with E-state index in [1.165, 1.54) is 0 Å². The molecule has 0 heterocycles. The summed E-state index contributed by atoms with van der Waals surface area (Å²) in [6, 6.07) is 11.1. The summed E-state index contributed by atoms with van der Waals surface area (Å²) in [7, 11) is -3.67. The standard InChI is InChI=1S/C21H26Cl2N2O4S2/c1-4-29-19-9-7-18(8-10-19)25(31(3,27)28)15(2)21(26)24-11-12-30-14-16-5-6-17(22)13-20(16)23/h5-10,13,15H,4,11-12,14H2,1-3H3,(H,24,26)/t15-/m1/s1. The topological polar surface area (TPSA) is 75.7 Å². The first-order valence-corrected chi connectivity index (χ1v) is 13.4. The van der Waals surface area contributed by atoms with Gasteiger partial charge in [-0.05, 0) is 55.8 Å². The molecule has 0 radical (unpaired) electrons. The van der Waals surface area contributed by atoms with Gasteiger partial charge in [-0.1, -0.05) is 29.3 Å². The molecule has 0 unspecified atom stereocenters. The molecule has 2 aromatic rings. The third kappa shape index (κ3) is 7.79. The summed E-state index contributed by atoms with van der Waals surface area (Å²) in [5.74, 6) is 1.60. The van der Waals surface area contributed by atoms with Crippen molar-refractivity contribution in [2.45, 2.75) is 25.6 Å². The predicted octanol–water partition coefficient (Wildman–Crippen LogP) is 4.60. The molecule has 0 saturated heterocycles. The molecule has 1 atom stereocenters. The number of hydrogen-bond acceptors (Lipinski definition) is 5. The van der Waals surface area contributed by atoms with Crippen molar-refractivity contribution in [1.29, 1.82) is 0 Å². The fourth-order valence-electron chi connectivity index (χ4n) is 2.88. The smallest absolute Gasteiger partial charge is 0.243 e. The molecule has 2 rings (SSSR count). The second kappa shape index (κ2) is 11.9. The molecule has 6 nitrogen and oxygen atoms in total. The van der Waals surface area contributed by atoms with Gasteiger partial charge in [-0.2, -0.15) is 11.8 Å². The second-order valence-electron chi connectivity index (χ2n) is 6.74. The Morgan fingerprint density at radius 2 is 1.87 bits per heavy atom. The van der Waals surface area contributed by atoms with Crippen LogP contribution in [0.5, 0.6) is 5.75 Å². The highest BCUT2D eigenvalue weighted by atomic mass is 35.5. The Morgan fingerprint density at radius 1 is 1.19 bits per heavy atom. The highest BCUT2D eigenvalue weighted by molar-refractivity contribution is 7.98. The molecule has 1 N–H and O–H groups in total. The van der Waals surface area contributed by atoms with Crippen molar-refractivity contribution in [3.8, 4) is 5.75 Å². The van der Waals surface area contributed by atoms with E-state index < -0.39 is 16.1 Å². The first-order chi connectivity index (χ1) is 14.6. The number of halogens is 2. The lowest BCUT2D eigenvalue weighted by atomic mass is 10.2. The van der Waals surface area contributed by atoms with Crippen molar-refractivity contribution in [3.05, 3.63) is 58.1 Å². The molecule has 2 aromatic carbocycles. The Kier molecular flexibility index (Phi) is 9.81. The minimum Gasteiger partial charge on any atom is -0.494 e. The Hall–Kier alpha value is -1.61. The lowest BCUT2D eigenvalue weighted by Gasteiger charge is -2.28. The van der Waals surface area contributed by atoms with Crippen molar-refractivity contribution in [3.63, 3.8) is 0 Å². The quantitative estimate of drug-likeness (QED) is 0.452. The summed E-state index contributed by atoms with van der Waals surface area (Å²) in [4.78, 5) is 12.6. The maximum absolute atomic E-state index is 12.6. The van der Waals surface area contributed by atoms with Crippen LogP contribution in [0.1, 0.15) is 19.4 Å². The number of ether oxygens (including phenoxy) is 1. The zero-order valence-corrected chi connectivity index (χ0v) is 20.7. The normalized spacial score (nSPS) is 12.3. The van der Waals surface area contributed by atoms with Crippen LogP contribution in [0.15, 0.2) is 42.5 Å². The number of carbonyl (C=O) groups is 1. The number of nitrogens with one attached hydrogen (secondary N) is 1.